The molecule has 2 saturated carbocycles. The number of halogens is 2. The van der Waals surface area contributed by atoms with Crippen LogP contribution >= 0.6 is 0 Å². The van der Waals surface area contributed by atoms with Gasteiger partial charge in [-0.25, -0.2) is 0 Å². The van der Waals surface area contributed by atoms with Crippen molar-refractivity contribution < 1.29 is 45.1 Å². The Morgan fingerprint density at radius 3 is 1.36 bits per heavy atom. The SMILES string of the molecule is CCCC[Si]1(C2C3C=CC=CC3C[CH]2[Zr+2]2([CH]3CC4C=CC=CC4C3[Si]3(CCCC)CCC3)[CH2][CH2]2)CCC1.[Cl-].[Cl-]. The van der Waals surface area contributed by atoms with E-state index < -0.39 is 36.4 Å². The monoisotopic (exact) mass is 678 g/mol. The van der Waals surface area contributed by atoms with E-state index in [0.29, 0.717) is 0 Å². The molecule has 8 unspecified atom stereocenters. The first-order valence-corrected chi connectivity index (χ1v) is 28.6. The second-order valence-electron chi connectivity index (χ2n) is 15.1. The third-order valence-electron chi connectivity index (χ3n) is 13.8. The molecule has 5 fully saturated rings. The number of fused-ring (bicyclic) bond motifs is 2. The van der Waals surface area contributed by atoms with Crippen molar-refractivity contribution in [2.75, 3.05) is 0 Å². The molecule has 0 spiro atoms. The second kappa shape index (κ2) is 12.5. The third kappa shape index (κ3) is 5.09. The van der Waals surface area contributed by atoms with Crippen LogP contribution in [0.1, 0.15) is 65.2 Å². The van der Waals surface area contributed by atoms with E-state index in [4.69, 9.17) is 0 Å². The zero-order valence-corrected chi connectivity index (χ0v) is 30.8. The molecule has 0 aromatic carbocycles. The maximum atomic E-state index is 2.77. The topological polar surface area (TPSA) is 0 Å². The summed E-state index contributed by atoms with van der Waals surface area (Å²) in [6.07, 6.45) is 33.3. The van der Waals surface area contributed by atoms with E-state index in [2.05, 4.69) is 62.5 Å². The van der Waals surface area contributed by atoms with Crippen LogP contribution < -0.4 is 24.8 Å². The van der Waals surface area contributed by atoms with Gasteiger partial charge in [-0.15, -0.1) is 0 Å². The first-order chi connectivity index (χ1) is 18.2. The van der Waals surface area contributed by atoms with E-state index in [9.17, 15) is 0 Å². The van der Waals surface area contributed by atoms with Crippen molar-refractivity contribution in [1.29, 1.82) is 0 Å². The first kappa shape index (κ1) is 31.3. The summed E-state index contributed by atoms with van der Waals surface area (Å²) in [7, 11) is -2.19. The molecule has 5 heteroatoms. The smallest absolute Gasteiger partial charge is 1.00 e. The number of hydrogen-bond donors (Lipinski definition) is 0. The van der Waals surface area contributed by atoms with Gasteiger partial charge in [-0.1, -0.05) is 0 Å². The summed E-state index contributed by atoms with van der Waals surface area (Å²) in [4.78, 5) is 0. The van der Waals surface area contributed by atoms with E-state index in [1.165, 1.54) is 31.2 Å². The van der Waals surface area contributed by atoms with Gasteiger partial charge in [0.15, 0.2) is 0 Å². The molecule has 7 aliphatic rings. The predicted octanol–water partition coefficient (Wildman–Crippen LogP) is 5.15. The summed E-state index contributed by atoms with van der Waals surface area (Å²) < 4.78 is 6.18. The van der Waals surface area contributed by atoms with Crippen molar-refractivity contribution in [3.05, 3.63) is 48.6 Å². The van der Waals surface area contributed by atoms with Crippen LogP contribution in [0.5, 0.6) is 0 Å². The minimum Gasteiger partial charge on any atom is -1.00 e. The van der Waals surface area contributed by atoms with Crippen LogP contribution in [-0.4, -0.2) is 16.1 Å². The van der Waals surface area contributed by atoms with Gasteiger partial charge >= 0.3 is 237 Å². The molecule has 216 valence electrons. The van der Waals surface area contributed by atoms with Crippen molar-refractivity contribution in [3.8, 4) is 0 Å². The molecule has 3 saturated heterocycles. The molecule has 3 aliphatic heterocycles. The molecule has 4 aliphatic carbocycles. The number of allylic oxidation sites excluding steroid dienone is 8. The van der Waals surface area contributed by atoms with Gasteiger partial charge in [0.05, 0.1) is 0 Å². The Hall–Kier alpha value is 0.857. The summed E-state index contributed by atoms with van der Waals surface area (Å²) in [5, 5.41) is 0. The van der Waals surface area contributed by atoms with Crippen molar-refractivity contribution in [2.45, 2.75) is 128 Å². The maximum absolute atomic E-state index is 2.77. The van der Waals surface area contributed by atoms with E-state index >= 15 is 0 Å². The van der Waals surface area contributed by atoms with Crippen molar-refractivity contribution >= 4 is 16.1 Å². The number of hydrogen-bond acceptors (Lipinski definition) is 0. The Morgan fingerprint density at radius 2 is 1.03 bits per heavy atom. The Morgan fingerprint density at radius 1 is 0.615 bits per heavy atom. The van der Waals surface area contributed by atoms with Gasteiger partial charge in [0.1, 0.15) is 0 Å². The molecule has 0 nitrogen and oxygen atoms in total. The van der Waals surface area contributed by atoms with Crippen LogP contribution in [-0.2, 0) is 20.3 Å². The van der Waals surface area contributed by atoms with Gasteiger partial charge < -0.3 is 24.8 Å². The van der Waals surface area contributed by atoms with Crippen LogP contribution in [0.25, 0.3) is 0 Å². The molecule has 0 aromatic rings. The fraction of sp³-hybridized carbons (Fsp3) is 0.765. The summed E-state index contributed by atoms with van der Waals surface area (Å²) in [5.74, 6) is 3.78. The molecule has 7 rings (SSSR count). The normalized spacial score (nSPS) is 40.2. The molecule has 0 radical (unpaired) electrons. The molecular weight excluding hydrogens is 627 g/mol. The summed E-state index contributed by atoms with van der Waals surface area (Å²) in [5.41, 5.74) is 2.42. The minimum atomic E-state index is -2.22. The minimum absolute atomic E-state index is 0. The third-order valence-corrected chi connectivity index (χ3v) is 42.2. The van der Waals surface area contributed by atoms with Crippen molar-refractivity contribution in [1.82, 2.24) is 0 Å². The van der Waals surface area contributed by atoms with Gasteiger partial charge in [-0.3, -0.25) is 0 Å². The Kier molecular flexibility index (Phi) is 9.99. The summed E-state index contributed by atoms with van der Waals surface area (Å²) >= 11 is -2.22. The molecule has 39 heavy (non-hydrogen) atoms. The first-order valence-electron chi connectivity index (χ1n) is 16.9. The van der Waals surface area contributed by atoms with Gasteiger partial charge in [0.2, 0.25) is 0 Å². The molecule has 0 aromatic heterocycles. The van der Waals surface area contributed by atoms with Gasteiger partial charge in [-0.2, -0.15) is 0 Å². The van der Waals surface area contributed by atoms with E-state index in [0.717, 1.165) is 23.7 Å². The Bertz CT molecular complexity index is 902. The fourth-order valence-corrected chi connectivity index (χ4v) is 51.1. The van der Waals surface area contributed by atoms with Crippen molar-refractivity contribution in [2.24, 2.45) is 23.7 Å². The molecule has 3 heterocycles. The van der Waals surface area contributed by atoms with Crippen molar-refractivity contribution in [3.63, 3.8) is 0 Å². The van der Waals surface area contributed by atoms with Crippen LogP contribution in [0.15, 0.2) is 48.6 Å². The fourth-order valence-electron chi connectivity index (χ4n) is 11.8. The number of rotatable bonds is 10. The van der Waals surface area contributed by atoms with E-state index in [-0.39, 0.29) is 24.8 Å². The summed E-state index contributed by atoms with van der Waals surface area (Å²) in [6, 6.07) is 10.3. The largest absolute Gasteiger partial charge is 1.00 e. The molecule has 0 amide bonds. The van der Waals surface area contributed by atoms with Crippen LogP contribution in [0.4, 0.5) is 0 Å². The van der Waals surface area contributed by atoms with Gasteiger partial charge in [0.25, 0.3) is 0 Å². The summed E-state index contributed by atoms with van der Waals surface area (Å²) in [6.45, 7) is 4.93. The Balaban J connectivity index is 0.00000154. The zero-order chi connectivity index (χ0) is 25.1. The average molecular weight is 681 g/mol. The van der Waals surface area contributed by atoms with Gasteiger partial charge in [0, 0.05) is 0 Å². The maximum Gasteiger partial charge on any atom is -1.00 e. The van der Waals surface area contributed by atoms with E-state index in [1.807, 2.05) is 8.26 Å². The molecular formula is C34H54Cl2Si2Zr. The molecule has 8 atom stereocenters. The van der Waals surface area contributed by atoms with E-state index in [1.54, 1.807) is 74.8 Å². The number of unbranched alkanes of at least 4 members (excludes halogenated alkanes) is 2. The molecule has 0 N–H and O–H groups in total. The van der Waals surface area contributed by atoms with Crippen LogP contribution in [0.3, 0.4) is 0 Å². The zero-order valence-electron chi connectivity index (χ0n) is 24.8. The average Bonchev–Trinajstić information content (AvgIpc) is 3.45. The standard InChI is InChI=1S/2C16H25Si.C2H4.2ClH.Zr/c2*1-2-3-11-17(12-6-13-17)16-10-9-14-7-4-5-8-15(14)16;1-2;;;/h2*4-5,7-8,10,14-16H,2-3,6,9,11-13H2,1H3;1-2H2;2*1H;/q;;;;;+2/p-2. The quantitative estimate of drug-likeness (QED) is 0.281. The van der Waals surface area contributed by atoms with Crippen LogP contribution in [0.2, 0.25) is 62.9 Å². The van der Waals surface area contributed by atoms with Gasteiger partial charge in [-0.05, 0) is 0 Å². The predicted molar refractivity (Wildman–Crippen MR) is 164 cm³/mol. The Labute approximate surface area is 259 Å². The molecule has 0 bridgehead atoms. The second-order valence-corrected chi connectivity index (χ2v) is 37.1. The van der Waals surface area contributed by atoms with Crippen LogP contribution in [0, 0.1) is 23.7 Å².